The molecule has 2 aromatic heterocycles. The van der Waals surface area contributed by atoms with Crippen molar-refractivity contribution in [1.82, 2.24) is 9.88 Å². The molecule has 0 radical (unpaired) electrons. The number of nitrogens with one attached hydrogen (secondary N) is 2. The van der Waals surface area contributed by atoms with E-state index in [1.54, 1.807) is 0 Å². The van der Waals surface area contributed by atoms with E-state index in [-0.39, 0.29) is 0 Å². The van der Waals surface area contributed by atoms with Crippen LogP contribution in [0.2, 0.25) is 0 Å². The molecule has 3 aromatic rings. The number of morpholine rings is 1. The summed E-state index contributed by atoms with van der Waals surface area (Å²) in [7, 11) is 0. The van der Waals surface area contributed by atoms with E-state index in [4.69, 9.17) is 4.74 Å². The van der Waals surface area contributed by atoms with Crippen LogP contribution >= 0.6 is 0 Å². The van der Waals surface area contributed by atoms with Gasteiger partial charge in [0.1, 0.15) is 22.7 Å². The van der Waals surface area contributed by atoms with Gasteiger partial charge in [0.2, 0.25) is 11.5 Å². The van der Waals surface area contributed by atoms with Crippen molar-refractivity contribution in [1.29, 1.82) is 5.26 Å². The molecule has 0 atom stereocenters. The van der Waals surface area contributed by atoms with Gasteiger partial charge in [-0.05, 0) is 37.5 Å². The number of anilines is 1. The molecule has 1 aliphatic rings. The van der Waals surface area contributed by atoms with Crippen molar-refractivity contribution in [2.75, 3.05) is 44.7 Å². The Kier molecular flexibility index (Phi) is 5.79. The maximum atomic E-state index is 9.84. The average molecular weight is 391 g/mol. The molecular formula is C23H28N5O+. The van der Waals surface area contributed by atoms with Crippen LogP contribution in [-0.4, -0.2) is 49.3 Å². The predicted octanol–water partition coefficient (Wildman–Crippen LogP) is 2.95. The second-order valence-corrected chi connectivity index (χ2v) is 7.49. The first-order chi connectivity index (χ1) is 14.2. The van der Waals surface area contributed by atoms with Crippen LogP contribution in [0, 0.1) is 18.3 Å². The highest BCUT2D eigenvalue weighted by atomic mass is 16.5. The van der Waals surface area contributed by atoms with Crippen LogP contribution in [0.4, 0.5) is 5.82 Å². The number of nitriles is 1. The number of imidazole rings is 1. The quantitative estimate of drug-likeness (QED) is 0.370. The summed E-state index contributed by atoms with van der Waals surface area (Å²) in [5.41, 5.74) is 5.77. The number of rotatable bonds is 7. The van der Waals surface area contributed by atoms with Gasteiger partial charge in [0, 0.05) is 25.2 Å². The summed E-state index contributed by atoms with van der Waals surface area (Å²) >= 11 is 0. The molecule has 6 nitrogen and oxygen atoms in total. The Morgan fingerprint density at radius 1 is 1.34 bits per heavy atom. The largest absolute Gasteiger partial charge is 0.379 e. The standard InChI is InChI=1S/C23H27N5O/c1-3-7-18-17(2)19(16-24)23-26-20-8-4-5-9-21(20)28(23)22(18)25-10-6-11-27-12-14-29-15-13-27/h3-5,8-9H,1,6-7,10-15H2,2H3,(H,25,26)/p+1. The molecule has 0 spiro atoms. The Bertz CT molecular complexity index is 1070. The summed E-state index contributed by atoms with van der Waals surface area (Å²) in [4.78, 5) is 5.90. The zero-order valence-corrected chi connectivity index (χ0v) is 17.0. The lowest BCUT2D eigenvalue weighted by Gasteiger charge is -2.26. The fourth-order valence-electron chi connectivity index (χ4n) is 4.18. The minimum atomic E-state index is 0.692. The van der Waals surface area contributed by atoms with Crippen LogP contribution in [0.15, 0.2) is 36.9 Å². The van der Waals surface area contributed by atoms with Crippen molar-refractivity contribution >= 4 is 22.5 Å². The first-order valence-electron chi connectivity index (χ1n) is 10.3. The number of para-hydroxylation sites is 2. The molecule has 0 aliphatic carbocycles. The van der Waals surface area contributed by atoms with E-state index in [2.05, 4.69) is 38.3 Å². The zero-order valence-electron chi connectivity index (χ0n) is 17.0. The lowest BCUT2D eigenvalue weighted by molar-refractivity contribution is -0.465. The Labute approximate surface area is 171 Å². The van der Waals surface area contributed by atoms with Crippen LogP contribution in [0.5, 0.6) is 0 Å². The minimum absolute atomic E-state index is 0.692. The molecule has 0 unspecified atom stereocenters. The van der Waals surface area contributed by atoms with E-state index in [9.17, 15) is 5.26 Å². The molecule has 0 bridgehead atoms. The van der Waals surface area contributed by atoms with E-state index in [1.165, 1.54) is 0 Å². The molecule has 2 N–H and O–H groups in total. The lowest BCUT2D eigenvalue weighted by atomic mass is 10.0. The molecule has 29 heavy (non-hydrogen) atoms. The molecule has 1 aliphatic heterocycles. The SMILES string of the molecule is C=CCc1c(C)c(C#N)c2[nH]c3ccccc3[n+]2c1NCCCN1CCOCC1. The second-order valence-electron chi connectivity index (χ2n) is 7.49. The van der Waals surface area contributed by atoms with Crippen LogP contribution in [-0.2, 0) is 11.2 Å². The van der Waals surface area contributed by atoms with Gasteiger partial charge in [-0.15, -0.1) is 6.58 Å². The van der Waals surface area contributed by atoms with Gasteiger partial charge in [-0.3, -0.25) is 9.88 Å². The topological polar surface area (TPSA) is 68.2 Å². The third-order valence-corrected chi connectivity index (χ3v) is 5.70. The molecule has 1 saturated heterocycles. The van der Waals surface area contributed by atoms with Crippen molar-refractivity contribution in [2.45, 2.75) is 19.8 Å². The Morgan fingerprint density at radius 3 is 2.90 bits per heavy atom. The third kappa shape index (κ3) is 3.71. The molecule has 4 rings (SSSR count). The van der Waals surface area contributed by atoms with Crippen molar-refractivity contribution in [3.05, 3.63) is 53.6 Å². The third-order valence-electron chi connectivity index (χ3n) is 5.70. The van der Waals surface area contributed by atoms with Gasteiger partial charge in [-0.1, -0.05) is 18.2 Å². The summed E-state index contributed by atoms with van der Waals surface area (Å²) in [6.07, 6.45) is 3.68. The Hall–Kier alpha value is -2.88. The Morgan fingerprint density at radius 2 is 2.14 bits per heavy atom. The van der Waals surface area contributed by atoms with Gasteiger partial charge in [0.25, 0.3) is 0 Å². The summed E-state index contributed by atoms with van der Waals surface area (Å²) < 4.78 is 7.59. The predicted molar refractivity (Wildman–Crippen MR) is 115 cm³/mol. The molecule has 3 heterocycles. The fraction of sp³-hybridized carbons (Fsp3) is 0.391. The normalized spacial score (nSPS) is 14.9. The number of aromatic amines is 1. The van der Waals surface area contributed by atoms with E-state index in [0.717, 1.165) is 85.9 Å². The number of hydrogen-bond acceptors (Lipinski definition) is 4. The first kappa shape index (κ1) is 19.4. The lowest BCUT2D eigenvalue weighted by Crippen LogP contribution is -2.37. The highest BCUT2D eigenvalue weighted by Crippen LogP contribution is 2.26. The average Bonchev–Trinajstić information content (AvgIpc) is 3.13. The molecule has 0 saturated carbocycles. The highest BCUT2D eigenvalue weighted by Gasteiger charge is 2.24. The maximum Gasteiger partial charge on any atom is 0.250 e. The van der Waals surface area contributed by atoms with Crippen LogP contribution < -0.4 is 9.72 Å². The number of ether oxygens (including phenoxy) is 1. The number of aromatic nitrogens is 2. The Balaban J connectivity index is 1.71. The molecule has 1 aromatic carbocycles. The number of hydrogen-bond donors (Lipinski definition) is 2. The van der Waals surface area contributed by atoms with Crippen molar-refractivity contribution in [2.24, 2.45) is 0 Å². The number of H-pyrrole nitrogens is 1. The second kappa shape index (κ2) is 8.64. The van der Waals surface area contributed by atoms with Crippen LogP contribution in [0.1, 0.15) is 23.1 Å². The number of benzene rings is 1. The van der Waals surface area contributed by atoms with E-state index < -0.39 is 0 Å². The summed E-state index contributed by atoms with van der Waals surface area (Å²) in [5.74, 6) is 1.05. The number of pyridine rings is 1. The number of nitrogens with zero attached hydrogens (tertiary/aromatic N) is 3. The number of allylic oxidation sites excluding steroid dienone is 1. The molecule has 0 amide bonds. The van der Waals surface area contributed by atoms with Crippen LogP contribution in [0.3, 0.4) is 0 Å². The summed E-state index contributed by atoms with van der Waals surface area (Å²) in [5, 5.41) is 13.5. The van der Waals surface area contributed by atoms with Crippen molar-refractivity contribution < 1.29 is 9.14 Å². The van der Waals surface area contributed by atoms with Gasteiger partial charge < -0.3 is 10.1 Å². The van der Waals surface area contributed by atoms with Crippen molar-refractivity contribution in [3.8, 4) is 6.07 Å². The van der Waals surface area contributed by atoms with E-state index >= 15 is 0 Å². The van der Waals surface area contributed by atoms with Gasteiger partial charge in [0.05, 0.1) is 19.8 Å². The van der Waals surface area contributed by atoms with Gasteiger partial charge >= 0.3 is 0 Å². The maximum absolute atomic E-state index is 9.84. The van der Waals surface area contributed by atoms with Gasteiger partial charge in [0.15, 0.2) is 0 Å². The number of fused-ring (bicyclic) bond motifs is 3. The monoisotopic (exact) mass is 390 g/mol. The van der Waals surface area contributed by atoms with Crippen molar-refractivity contribution in [3.63, 3.8) is 0 Å². The molecular weight excluding hydrogens is 362 g/mol. The smallest absolute Gasteiger partial charge is 0.250 e. The molecule has 1 fully saturated rings. The minimum Gasteiger partial charge on any atom is -0.379 e. The molecule has 6 heteroatoms. The zero-order chi connectivity index (χ0) is 20.2. The van der Waals surface area contributed by atoms with Gasteiger partial charge in [-0.2, -0.15) is 9.66 Å². The van der Waals surface area contributed by atoms with E-state index in [0.29, 0.717) is 5.56 Å². The van der Waals surface area contributed by atoms with Crippen LogP contribution in [0.25, 0.3) is 16.7 Å². The molecule has 150 valence electrons. The van der Waals surface area contributed by atoms with E-state index in [1.807, 2.05) is 31.2 Å². The summed E-state index contributed by atoms with van der Waals surface area (Å²) in [6, 6.07) is 10.6. The van der Waals surface area contributed by atoms with Gasteiger partial charge in [-0.25, -0.2) is 0 Å². The summed E-state index contributed by atoms with van der Waals surface area (Å²) in [6.45, 7) is 11.6. The highest BCUT2D eigenvalue weighted by molar-refractivity contribution is 5.78. The first-order valence-corrected chi connectivity index (χ1v) is 10.3. The fourth-order valence-corrected chi connectivity index (χ4v) is 4.18.